The average molecular weight is 325 g/mol. The first-order chi connectivity index (χ1) is 8.41. The van der Waals surface area contributed by atoms with E-state index in [0.717, 1.165) is 20.1 Å². The molecule has 2 aromatic rings. The van der Waals surface area contributed by atoms with Gasteiger partial charge in [0.15, 0.2) is 0 Å². The van der Waals surface area contributed by atoms with Crippen molar-refractivity contribution in [3.05, 3.63) is 39.3 Å². The van der Waals surface area contributed by atoms with Gasteiger partial charge in [-0.15, -0.1) is 11.3 Å². The van der Waals surface area contributed by atoms with Gasteiger partial charge in [-0.2, -0.15) is 0 Å². The minimum absolute atomic E-state index is 0.185. The van der Waals surface area contributed by atoms with Crippen LogP contribution in [0.2, 0.25) is 0 Å². The number of nitrogens with zero attached hydrogens (tertiary/aromatic N) is 1. The third kappa shape index (κ3) is 2.82. The normalized spacial score (nSPS) is 11.8. The second-order valence-electron chi connectivity index (χ2n) is 5.26. The van der Waals surface area contributed by atoms with Crippen LogP contribution in [0.1, 0.15) is 31.2 Å². The van der Waals surface area contributed by atoms with E-state index in [0.29, 0.717) is 6.54 Å². The molecule has 0 atom stereocenters. The number of nitrogens with two attached hydrogens (primary N) is 1. The number of hydrogen-bond acceptors (Lipinski definition) is 3. The highest BCUT2D eigenvalue weighted by molar-refractivity contribution is 9.10. The van der Waals surface area contributed by atoms with Crippen molar-refractivity contribution in [3.8, 4) is 10.6 Å². The maximum atomic E-state index is 5.66. The number of halogens is 1. The highest BCUT2D eigenvalue weighted by Gasteiger charge is 2.14. The van der Waals surface area contributed by atoms with E-state index >= 15 is 0 Å². The molecule has 0 aliphatic rings. The minimum Gasteiger partial charge on any atom is -0.326 e. The summed E-state index contributed by atoms with van der Waals surface area (Å²) in [6.07, 6.45) is 0. The quantitative estimate of drug-likeness (QED) is 0.892. The van der Waals surface area contributed by atoms with Gasteiger partial charge in [0.2, 0.25) is 0 Å². The van der Waals surface area contributed by atoms with Crippen LogP contribution >= 0.6 is 27.3 Å². The summed E-state index contributed by atoms with van der Waals surface area (Å²) >= 11 is 5.08. The second kappa shape index (κ2) is 5.11. The molecule has 1 aromatic carbocycles. The van der Waals surface area contributed by atoms with Crippen LogP contribution in [0.3, 0.4) is 0 Å². The first-order valence-corrected chi connectivity index (χ1v) is 7.49. The molecule has 0 saturated heterocycles. The topological polar surface area (TPSA) is 38.9 Å². The Kier molecular flexibility index (Phi) is 3.90. The SMILES string of the molecule is CC(C)(C)c1ccc(-c2nc(Br)c(CN)s2)cc1. The summed E-state index contributed by atoms with van der Waals surface area (Å²) in [5.74, 6) is 0. The average Bonchev–Trinajstić information content (AvgIpc) is 2.69. The summed E-state index contributed by atoms with van der Waals surface area (Å²) in [7, 11) is 0. The van der Waals surface area contributed by atoms with Gasteiger partial charge in [-0.1, -0.05) is 45.0 Å². The van der Waals surface area contributed by atoms with Crippen LogP contribution in [0, 0.1) is 0 Å². The number of benzene rings is 1. The first-order valence-electron chi connectivity index (χ1n) is 5.88. The summed E-state index contributed by atoms with van der Waals surface area (Å²) in [6.45, 7) is 7.18. The Labute approximate surface area is 120 Å². The lowest BCUT2D eigenvalue weighted by Gasteiger charge is -2.18. The number of aromatic nitrogens is 1. The first kappa shape index (κ1) is 13.7. The lowest BCUT2D eigenvalue weighted by atomic mass is 9.87. The number of hydrogen-bond donors (Lipinski definition) is 1. The Balaban J connectivity index is 2.34. The van der Waals surface area contributed by atoms with E-state index in [2.05, 4.69) is 66.0 Å². The van der Waals surface area contributed by atoms with Gasteiger partial charge in [-0.25, -0.2) is 4.98 Å². The Morgan fingerprint density at radius 3 is 2.28 bits per heavy atom. The van der Waals surface area contributed by atoms with Gasteiger partial charge in [0.05, 0.1) is 4.88 Å². The third-order valence-electron chi connectivity index (χ3n) is 2.83. The van der Waals surface area contributed by atoms with Crippen LogP contribution in [0.15, 0.2) is 28.9 Å². The smallest absolute Gasteiger partial charge is 0.124 e. The Morgan fingerprint density at radius 2 is 1.83 bits per heavy atom. The van der Waals surface area contributed by atoms with Crippen LogP contribution in [-0.2, 0) is 12.0 Å². The molecular weight excluding hydrogens is 308 g/mol. The second-order valence-corrected chi connectivity index (χ2v) is 7.10. The predicted octanol–water partition coefficient (Wildman–Crippen LogP) is 4.33. The van der Waals surface area contributed by atoms with Gasteiger partial charge in [-0.3, -0.25) is 0 Å². The van der Waals surface area contributed by atoms with Crippen molar-refractivity contribution in [3.63, 3.8) is 0 Å². The molecule has 4 heteroatoms. The van der Waals surface area contributed by atoms with Crippen molar-refractivity contribution in [2.45, 2.75) is 32.7 Å². The Morgan fingerprint density at radius 1 is 1.22 bits per heavy atom. The van der Waals surface area contributed by atoms with Crippen LogP contribution in [0.4, 0.5) is 0 Å². The molecule has 2 rings (SSSR count). The molecule has 0 spiro atoms. The molecule has 2 N–H and O–H groups in total. The minimum atomic E-state index is 0.185. The zero-order valence-corrected chi connectivity index (χ0v) is 13.2. The van der Waals surface area contributed by atoms with Crippen molar-refractivity contribution in [1.29, 1.82) is 0 Å². The molecule has 0 saturated carbocycles. The van der Waals surface area contributed by atoms with E-state index < -0.39 is 0 Å². The summed E-state index contributed by atoms with van der Waals surface area (Å²) in [6, 6.07) is 8.61. The molecule has 96 valence electrons. The van der Waals surface area contributed by atoms with Gasteiger partial charge in [-0.05, 0) is 26.9 Å². The van der Waals surface area contributed by atoms with Crippen LogP contribution in [0.25, 0.3) is 10.6 Å². The lowest BCUT2D eigenvalue weighted by molar-refractivity contribution is 0.590. The van der Waals surface area contributed by atoms with Crippen molar-refractivity contribution in [2.24, 2.45) is 5.73 Å². The van der Waals surface area contributed by atoms with Gasteiger partial charge in [0.1, 0.15) is 9.61 Å². The molecule has 0 fully saturated rings. The maximum absolute atomic E-state index is 5.66. The van der Waals surface area contributed by atoms with E-state index in [9.17, 15) is 0 Å². The molecule has 0 amide bonds. The van der Waals surface area contributed by atoms with Crippen molar-refractivity contribution < 1.29 is 0 Å². The van der Waals surface area contributed by atoms with E-state index in [1.54, 1.807) is 11.3 Å². The van der Waals surface area contributed by atoms with E-state index in [1.807, 2.05) is 0 Å². The van der Waals surface area contributed by atoms with Crippen LogP contribution in [-0.4, -0.2) is 4.98 Å². The summed E-state index contributed by atoms with van der Waals surface area (Å²) in [4.78, 5) is 5.59. The highest BCUT2D eigenvalue weighted by Crippen LogP contribution is 2.32. The van der Waals surface area contributed by atoms with Crippen LogP contribution < -0.4 is 5.73 Å². The van der Waals surface area contributed by atoms with Crippen molar-refractivity contribution in [1.82, 2.24) is 4.98 Å². The van der Waals surface area contributed by atoms with E-state index in [4.69, 9.17) is 5.73 Å². The fourth-order valence-electron chi connectivity index (χ4n) is 1.70. The standard InChI is InChI=1S/C14H17BrN2S/c1-14(2,3)10-6-4-9(5-7-10)13-17-12(15)11(8-16)18-13/h4-7H,8,16H2,1-3H3. The largest absolute Gasteiger partial charge is 0.326 e. The molecule has 0 aliphatic heterocycles. The van der Waals surface area contributed by atoms with E-state index in [1.165, 1.54) is 5.56 Å². The van der Waals surface area contributed by atoms with Crippen LogP contribution in [0.5, 0.6) is 0 Å². The zero-order chi connectivity index (χ0) is 13.3. The molecule has 0 aliphatic carbocycles. The fraction of sp³-hybridized carbons (Fsp3) is 0.357. The predicted molar refractivity (Wildman–Crippen MR) is 81.8 cm³/mol. The monoisotopic (exact) mass is 324 g/mol. The van der Waals surface area contributed by atoms with Gasteiger partial charge in [0, 0.05) is 12.1 Å². The lowest BCUT2D eigenvalue weighted by Crippen LogP contribution is -2.10. The Bertz CT molecular complexity index is 538. The van der Waals surface area contributed by atoms with Crippen molar-refractivity contribution >= 4 is 27.3 Å². The Hall–Kier alpha value is -0.710. The molecule has 0 unspecified atom stereocenters. The third-order valence-corrected chi connectivity index (χ3v) is 4.88. The molecule has 1 aromatic heterocycles. The molecule has 0 bridgehead atoms. The molecular formula is C14H17BrN2S. The molecule has 2 nitrogen and oxygen atoms in total. The zero-order valence-electron chi connectivity index (χ0n) is 10.8. The molecule has 1 heterocycles. The van der Waals surface area contributed by atoms with Gasteiger partial charge in [0.25, 0.3) is 0 Å². The fourth-order valence-corrected chi connectivity index (χ4v) is 3.23. The molecule has 18 heavy (non-hydrogen) atoms. The number of thiazole rings is 1. The summed E-state index contributed by atoms with van der Waals surface area (Å²) in [5.41, 5.74) is 8.33. The summed E-state index contributed by atoms with van der Waals surface area (Å²) in [5, 5.41) is 1.02. The number of rotatable bonds is 2. The van der Waals surface area contributed by atoms with Gasteiger partial charge < -0.3 is 5.73 Å². The summed E-state index contributed by atoms with van der Waals surface area (Å²) < 4.78 is 0.866. The van der Waals surface area contributed by atoms with E-state index in [-0.39, 0.29) is 5.41 Å². The van der Waals surface area contributed by atoms with Crippen molar-refractivity contribution in [2.75, 3.05) is 0 Å². The highest BCUT2D eigenvalue weighted by atomic mass is 79.9. The maximum Gasteiger partial charge on any atom is 0.124 e. The molecule has 0 radical (unpaired) electrons. The van der Waals surface area contributed by atoms with Gasteiger partial charge >= 0.3 is 0 Å².